The summed E-state index contributed by atoms with van der Waals surface area (Å²) in [7, 11) is 0.369. The number of methoxy groups -OCH3 is 1. The van der Waals surface area contributed by atoms with Gasteiger partial charge in [-0.15, -0.1) is 11.3 Å². The molecule has 4 rings (SSSR count). The van der Waals surface area contributed by atoms with Crippen molar-refractivity contribution in [2.45, 2.75) is 18.5 Å². The van der Waals surface area contributed by atoms with Crippen LogP contribution in [0.2, 0.25) is 5.02 Å². The maximum absolute atomic E-state index is 14.3. The monoisotopic (exact) mass is 513 g/mol. The van der Waals surface area contributed by atoms with E-state index in [-0.39, 0.29) is 23.6 Å². The molecule has 9 nitrogen and oxygen atoms in total. The number of hydrogen-bond acceptors (Lipinski definition) is 8. The fourth-order valence-electron chi connectivity index (χ4n) is 3.82. The van der Waals surface area contributed by atoms with Gasteiger partial charge in [-0.1, -0.05) is 23.7 Å². The summed E-state index contributed by atoms with van der Waals surface area (Å²) < 4.78 is 47.9. The number of aliphatic imine (C=N–C) groups is 1. The number of halogens is 2. The van der Waals surface area contributed by atoms with Crippen LogP contribution in [0, 0.1) is 5.82 Å². The third-order valence-electron chi connectivity index (χ3n) is 5.36. The van der Waals surface area contributed by atoms with Crippen LogP contribution < -0.4 is 4.72 Å². The van der Waals surface area contributed by atoms with Gasteiger partial charge in [0.05, 0.1) is 17.7 Å². The molecule has 1 fully saturated rings. The van der Waals surface area contributed by atoms with E-state index < -0.39 is 34.1 Å². The molecule has 2 aromatic rings. The minimum absolute atomic E-state index is 0.150. The maximum Gasteiger partial charge on any atom is 0.338 e. The zero-order chi connectivity index (χ0) is 23.9. The number of ether oxygens (including phenoxy) is 1. The van der Waals surface area contributed by atoms with Gasteiger partial charge in [0.2, 0.25) is 0 Å². The number of esters is 1. The molecule has 0 radical (unpaired) electrons. The Kier molecular flexibility index (Phi) is 6.56. The molecule has 1 aromatic carbocycles. The van der Waals surface area contributed by atoms with Crippen molar-refractivity contribution in [3.8, 4) is 0 Å². The summed E-state index contributed by atoms with van der Waals surface area (Å²) in [6.07, 6.45) is 1.82. The first-order valence-electron chi connectivity index (χ1n) is 9.84. The van der Waals surface area contributed by atoms with Crippen LogP contribution in [0.25, 0.3) is 0 Å². The van der Waals surface area contributed by atoms with Crippen LogP contribution in [0.15, 0.2) is 46.0 Å². The van der Waals surface area contributed by atoms with Gasteiger partial charge in [0.25, 0.3) is 10.2 Å². The second-order valence-corrected chi connectivity index (χ2v) is 10.8. The van der Waals surface area contributed by atoms with E-state index in [1.54, 1.807) is 22.5 Å². The number of aromatic nitrogens is 1. The van der Waals surface area contributed by atoms with Crippen molar-refractivity contribution in [3.05, 3.63) is 62.5 Å². The number of hydrogen-bond donors (Lipinski definition) is 1. The molecular formula is C20H21ClFN5O4S2. The molecular weight excluding hydrogens is 493 g/mol. The molecule has 1 N–H and O–H groups in total. The molecule has 2 aliphatic heterocycles. The standard InChI is InChI=1S/C20H21ClFN5O4S2/c1-26(2)33(29,30)25-11-9-14-15(20(28)31-3)17(12-5-4-6-13(22)16(12)21)24-18(27(14)10-11)19-23-7-8-32-19/h4-8,11,17,25H,9-10H2,1-3H3/t11-,17-/m0/s1. The molecule has 0 amide bonds. The van der Waals surface area contributed by atoms with Crippen LogP contribution >= 0.6 is 22.9 Å². The second-order valence-electron chi connectivity index (χ2n) is 7.60. The van der Waals surface area contributed by atoms with Gasteiger partial charge in [0.1, 0.15) is 11.9 Å². The summed E-state index contributed by atoms with van der Waals surface area (Å²) >= 11 is 7.60. The lowest BCUT2D eigenvalue weighted by Gasteiger charge is -2.31. The molecule has 1 aromatic heterocycles. The van der Waals surface area contributed by atoms with Crippen molar-refractivity contribution in [1.29, 1.82) is 0 Å². The highest BCUT2D eigenvalue weighted by atomic mass is 35.5. The summed E-state index contributed by atoms with van der Waals surface area (Å²) in [5.41, 5.74) is 1.01. The van der Waals surface area contributed by atoms with Gasteiger partial charge in [-0.2, -0.15) is 17.4 Å². The normalized spacial score (nSPS) is 20.8. The third-order valence-corrected chi connectivity index (χ3v) is 8.12. The second kappa shape index (κ2) is 9.11. The van der Waals surface area contributed by atoms with Crippen LogP contribution in [0.3, 0.4) is 0 Å². The van der Waals surface area contributed by atoms with Crippen molar-refractivity contribution in [3.63, 3.8) is 0 Å². The Morgan fingerprint density at radius 2 is 2.15 bits per heavy atom. The summed E-state index contributed by atoms with van der Waals surface area (Å²) in [6.45, 7) is 0.227. The van der Waals surface area contributed by atoms with E-state index in [1.807, 2.05) is 0 Å². The summed E-state index contributed by atoms with van der Waals surface area (Å²) in [4.78, 5) is 23.8. The highest BCUT2D eigenvalue weighted by Gasteiger charge is 2.43. The Hall–Kier alpha value is -2.38. The zero-order valence-corrected chi connectivity index (χ0v) is 20.3. The van der Waals surface area contributed by atoms with E-state index in [9.17, 15) is 17.6 Å². The van der Waals surface area contributed by atoms with Crippen molar-refractivity contribution in [1.82, 2.24) is 18.9 Å². The topological polar surface area (TPSA) is 104 Å². The molecule has 0 unspecified atom stereocenters. The molecule has 0 bridgehead atoms. The predicted octanol–water partition coefficient (Wildman–Crippen LogP) is 2.33. The van der Waals surface area contributed by atoms with Crippen LogP contribution in [-0.2, 0) is 19.7 Å². The molecule has 1 saturated heterocycles. The first-order valence-corrected chi connectivity index (χ1v) is 12.5. The van der Waals surface area contributed by atoms with E-state index in [1.165, 1.54) is 44.7 Å². The smallest absolute Gasteiger partial charge is 0.338 e. The van der Waals surface area contributed by atoms with Crippen molar-refractivity contribution in [2.75, 3.05) is 27.7 Å². The van der Waals surface area contributed by atoms with Crippen molar-refractivity contribution in [2.24, 2.45) is 4.99 Å². The van der Waals surface area contributed by atoms with E-state index in [4.69, 9.17) is 21.3 Å². The number of thiazole rings is 1. The fourth-order valence-corrected chi connectivity index (χ4v) is 5.48. The highest BCUT2D eigenvalue weighted by Crippen LogP contribution is 2.43. The van der Waals surface area contributed by atoms with Crippen LogP contribution in [0.5, 0.6) is 0 Å². The van der Waals surface area contributed by atoms with Gasteiger partial charge in [-0.3, -0.25) is 4.99 Å². The minimum Gasteiger partial charge on any atom is -0.466 e. The van der Waals surface area contributed by atoms with Gasteiger partial charge < -0.3 is 9.64 Å². The average Bonchev–Trinajstić information content (AvgIpc) is 3.43. The predicted molar refractivity (Wildman–Crippen MR) is 123 cm³/mol. The Balaban J connectivity index is 1.87. The van der Waals surface area contributed by atoms with Gasteiger partial charge >= 0.3 is 5.97 Å². The lowest BCUT2D eigenvalue weighted by atomic mass is 9.94. The lowest BCUT2D eigenvalue weighted by molar-refractivity contribution is -0.136. The van der Waals surface area contributed by atoms with E-state index in [0.717, 1.165) is 4.31 Å². The van der Waals surface area contributed by atoms with E-state index in [2.05, 4.69) is 9.71 Å². The fraction of sp³-hybridized carbons (Fsp3) is 0.350. The van der Waals surface area contributed by atoms with E-state index >= 15 is 0 Å². The summed E-state index contributed by atoms with van der Waals surface area (Å²) in [6, 6.07) is 2.82. The minimum atomic E-state index is -3.72. The number of carbonyl (C=O) groups is 1. The van der Waals surface area contributed by atoms with Gasteiger partial charge in [-0.25, -0.2) is 14.2 Å². The third kappa shape index (κ3) is 4.41. The Morgan fingerprint density at radius 3 is 2.79 bits per heavy atom. The van der Waals surface area contributed by atoms with Crippen molar-refractivity contribution < 1.29 is 22.3 Å². The Morgan fingerprint density at radius 1 is 1.39 bits per heavy atom. The number of nitrogens with zero attached hydrogens (tertiary/aromatic N) is 4. The molecule has 2 atom stereocenters. The maximum atomic E-state index is 14.3. The average molecular weight is 514 g/mol. The van der Waals surface area contributed by atoms with Gasteiger partial charge in [0.15, 0.2) is 10.8 Å². The summed E-state index contributed by atoms with van der Waals surface area (Å²) in [5, 5.41) is 2.21. The molecule has 3 heterocycles. The van der Waals surface area contributed by atoms with Crippen LogP contribution in [0.1, 0.15) is 23.0 Å². The van der Waals surface area contributed by atoms with Gasteiger partial charge in [-0.05, 0) is 6.07 Å². The quantitative estimate of drug-likeness (QED) is 0.594. The number of fused-ring (bicyclic) bond motifs is 1. The molecule has 13 heteroatoms. The first kappa shape index (κ1) is 23.8. The van der Waals surface area contributed by atoms with E-state index in [0.29, 0.717) is 22.1 Å². The summed E-state index contributed by atoms with van der Waals surface area (Å²) in [5.74, 6) is -0.845. The molecule has 0 spiro atoms. The van der Waals surface area contributed by atoms with Crippen LogP contribution in [0.4, 0.5) is 4.39 Å². The van der Waals surface area contributed by atoms with Crippen LogP contribution in [-0.4, -0.2) is 68.2 Å². The van der Waals surface area contributed by atoms with Crippen molar-refractivity contribution >= 4 is 45.0 Å². The first-order chi connectivity index (χ1) is 15.6. The SMILES string of the molecule is COC(=O)C1=C2C[C@H](NS(=O)(=O)N(C)C)CN2C(c2nccs2)=N[C@H]1c1cccc(F)c1Cl. The molecule has 0 saturated carbocycles. The molecule has 2 aliphatic rings. The Labute approximate surface area is 199 Å². The molecule has 0 aliphatic carbocycles. The lowest BCUT2D eigenvalue weighted by Crippen LogP contribution is -2.44. The number of nitrogens with one attached hydrogen (secondary N) is 1. The number of benzene rings is 1. The molecule has 176 valence electrons. The number of amidine groups is 1. The Bertz CT molecular complexity index is 1250. The highest BCUT2D eigenvalue weighted by molar-refractivity contribution is 7.87. The van der Waals surface area contributed by atoms with Gasteiger partial charge in [0, 0.05) is 55.9 Å². The largest absolute Gasteiger partial charge is 0.466 e. The zero-order valence-electron chi connectivity index (χ0n) is 17.9. The number of rotatable bonds is 6. The number of carbonyl (C=O) groups excluding carboxylic acids is 1. The molecule has 33 heavy (non-hydrogen) atoms.